The van der Waals surface area contributed by atoms with Gasteiger partial charge in [0.25, 0.3) is 0 Å². The summed E-state index contributed by atoms with van der Waals surface area (Å²) in [6.45, 7) is 2.74. The van der Waals surface area contributed by atoms with Crippen LogP contribution in [0.4, 0.5) is 0 Å². The van der Waals surface area contributed by atoms with E-state index in [4.69, 9.17) is 5.73 Å². The minimum atomic E-state index is 0.651. The van der Waals surface area contributed by atoms with Gasteiger partial charge in [-0.1, -0.05) is 29.8 Å². The lowest BCUT2D eigenvalue weighted by molar-refractivity contribution is 0.805. The van der Waals surface area contributed by atoms with Crippen LogP contribution in [0.3, 0.4) is 0 Å². The fourth-order valence-corrected chi connectivity index (χ4v) is 1.84. The fraction of sp³-hybridized carbons (Fsp3) is 0.308. The van der Waals surface area contributed by atoms with E-state index in [1.807, 2.05) is 17.9 Å². The van der Waals surface area contributed by atoms with Gasteiger partial charge in [0.05, 0.1) is 12.0 Å². The summed E-state index contributed by atoms with van der Waals surface area (Å²) in [6.07, 6.45) is 2.71. The van der Waals surface area contributed by atoms with Gasteiger partial charge in [-0.05, 0) is 13.5 Å². The Morgan fingerprint density at radius 2 is 1.94 bits per heavy atom. The Kier molecular flexibility index (Phi) is 3.06. The van der Waals surface area contributed by atoms with E-state index in [1.165, 1.54) is 11.3 Å². The number of aromatic nitrogens is 2. The summed E-state index contributed by atoms with van der Waals surface area (Å²) in [5.74, 6) is 0. The molecule has 1 heterocycles. The fourth-order valence-electron chi connectivity index (χ4n) is 1.84. The van der Waals surface area contributed by atoms with Crippen LogP contribution in [-0.2, 0) is 13.5 Å². The molecule has 0 radical (unpaired) electrons. The molecule has 0 aliphatic carbocycles. The van der Waals surface area contributed by atoms with Gasteiger partial charge in [-0.2, -0.15) is 0 Å². The molecule has 0 amide bonds. The topological polar surface area (TPSA) is 43.8 Å². The molecular weight excluding hydrogens is 198 g/mol. The number of hydrogen-bond donors (Lipinski definition) is 1. The van der Waals surface area contributed by atoms with Gasteiger partial charge in [0.2, 0.25) is 0 Å². The average Bonchev–Trinajstić information content (AvgIpc) is 2.63. The summed E-state index contributed by atoms with van der Waals surface area (Å²) < 4.78 is 2.04. The van der Waals surface area contributed by atoms with E-state index in [2.05, 4.69) is 36.2 Å². The van der Waals surface area contributed by atoms with Crippen LogP contribution in [0, 0.1) is 6.92 Å². The molecule has 16 heavy (non-hydrogen) atoms. The molecule has 84 valence electrons. The number of imidazole rings is 1. The molecule has 0 saturated carbocycles. The molecule has 0 bridgehead atoms. The number of rotatable bonds is 3. The van der Waals surface area contributed by atoms with E-state index >= 15 is 0 Å². The van der Waals surface area contributed by atoms with Gasteiger partial charge < -0.3 is 10.3 Å². The molecule has 1 aromatic heterocycles. The lowest BCUT2D eigenvalue weighted by atomic mass is 10.1. The molecule has 0 saturated heterocycles. The Morgan fingerprint density at radius 1 is 1.25 bits per heavy atom. The third-order valence-corrected chi connectivity index (χ3v) is 2.77. The first kappa shape index (κ1) is 10.9. The Bertz CT molecular complexity index is 468. The molecule has 0 atom stereocenters. The van der Waals surface area contributed by atoms with Crippen LogP contribution in [0.1, 0.15) is 11.3 Å². The average molecular weight is 215 g/mol. The molecule has 0 aliphatic heterocycles. The zero-order valence-corrected chi connectivity index (χ0v) is 9.77. The maximum atomic E-state index is 5.62. The summed E-state index contributed by atoms with van der Waals surface area (Å²) in [5.41, 5.74) is 10.3. The van der Waals surface area contributed by atoms with Crippen LogP contribution in [0.2, 0.25) is 0 Å². The standard InChI is InChI=1S/C13H17N3/c1-10-3-5-11(6-4-10)13-12(7-8-14)16(2)9-15-13/h3-6,9H,7-8,14H2,1-2H3. The second kappa shape index (κ2) is 4.49. The van der Waals surface area contributed by atoms with Crippen molar-refractivity contribution in [3.05, 3.63) is 41.9 Å². The van der Waals surface area contributed by atoms with Crippen LogP contribution in [-0.4, -0.2) is 16.1 Å². The van der Waals surface area contributed by atoms with E-state index in [-0.39, 0.29) is 0 Å². The van der Waals surface area contributed by atoms with Crippen molar-refractivity contribution in [2.45, 2.75) is 13.3 Å². The van der Waals surface area contributed by atoms with E-state index in [1.54, 1.807) is 0 Å². The third kappa shape index (κ3) is 1.99. The predicted molar refractivity (Wildman–Crippen MR) is 66.1 cm³/mol. The van der Waals surface area contributed by atoms with Gasteiger partial charge in [-0.3, -0.25) is 0 Å². The maximum absolute atomic E-state index is 5.62. The van der Waals surface area contributed by atoms with Crippen molar-refractivity contribution in [2.75, 3.05) is 6.54 Å². The predicted octanol–water partition coefficient (Wildman–Crippen LogP) is 1.90. The quantitative estimate of drug-likeness (QED) is 0.849. The van der Waals surface area contributed by atoms with Crippen molar-refractivity contribution < 1.29 is 0 Å². The highest BCUT2D eigenvalue weighted by Gasteiger charge is 2.09. The second-order valence-corrected chi connectivity index (χ2v) is 4.06. The smallest absolute Gasteiger partial charge is 0.0953 e. The molecule has 3 heteroatoms. The Labute approximate surface area is 95.9 Å². The summed E-state index contributed by atoms with van der Waals surface area (Å²) in [7, 11) is 2.01. The summed E-state index contributed by atoms with van der Waals surface area (Å²) in [4.78, 5) is 4.44. The Hall–Kier alpha value is -1.61. The number of aryl methyl sites for hydroxylation is 2. The summed E-state index contributed by atoms with van der Waals surface area (Å²) in [5, 5.41) is 0. The summed E-state index contributed by atoms with van der Waals surface area (Å²) >= 11 is 0. The number of nitrogens with two attached hydrogens (primary N) is 1. The van der Waals surface area contributed by atoms with Crippen LogP contribution in [0.25, 0.3) is 11.3 Å². The Balaban J connectivity index is 2.43. The van der Waals surface area contributed by atoms with Crippen LogP contribution >= 0.6 is 0 Å². The highest BCUT2D eigenvalue weighted by Crippen LogP contribution is 2.22. The molecule has 2 rings (SSSR count). The normalized spacial score (nSPS) is 10.7. The molecular formula is C13H17N3. The van der Waals surface area contributed by atoms with Crippen molar-refractivity contribution in [1.29, 1.82) is 0 Å². The number of nitrogens with zero attached hydrogens (tertiary/aromatic N) is 2. The Morgan fingerprint density at radius 3 is 2.56 bits per heavy atom. The largest absolute Gasteiger partial charge is 0.337 e. The van der Waals surface area contributed by atoms with Crippen molar-refractivity contribution in [3.63, 3.8) is 0 Å². The van der Waals surface area contributed by atoms with Gasteiger partial charge in [0.15, 0.2) is 0 Å². The third-order valence-electron chi connectivity index (χ3n) is 2.77. The van der Waals surface area contributed by atoms with Crippen molar-refractivity contribution in [1.82, 2.24) is 9.55 Å². The highest BCUT2D eigenvalue weighted by molar-refractivity contribution is 5.62. The maximum Gasteiger partial charge on any atom is 0.0953 e. The lowest BCUT2D eigenvalue weighted by Gasteiger charge is -2.05. The molecule has 0 aliphatic rings. The zero-order chi connectivity index (χ0) is 11.5. The van der Waals surface area contributed by atoms with Gasteiger partial charge in [0, 0.05) is 24.7 Å². The van der Waals surface area contributed by atoms with Gasteiger partial charge in [-0.25, -0.2) is 4.98 Å². The first-order valence-electron chi connectivity index (χ1n) is 5.49. The first-order chi connectivity index (χ1) is 7.72. The van der Waals surface area contributed by atoms with E-state index in [0.717, 1.165) is 17.7 Å². The van der Waals surface area contributed by atoms with Crippen molar-refractivity contribution >= 4 is 0 Å². The number of benzene rings is 1. The van der Waals surface area contributed by atoms with Gasteiger partial charge in [-0.15, -0.1) is 0 Å². The summed E-state index contributed by atoms with van der Waals surface area (Å²) in [6, 6.07) is 8.43. The minimum absolute atomic E-state index is 0.651. The van der Waals surface area contributed by atoms with E-state index < -0.39 is 0 Å². The van der Waals surface area contributed by atoms with Gasteiger partial charge >= 0.3 is 0 Å². The van der Waals surface area contributed by atoms with E-state index in [0.29, 0.717) is 6.54 Å². The minimum Gasteiger partial charge on any atom is -0.337 e. The molecule has 3 nitrogen and oxygen atoms in total. The molecule has 1 aromatic carbocycles. The second-order valence-electron chi connectivity index (χ2n) is 4.06. The van der Waals surface area contributed by atoms with Crippen LogP contribution in [0.5, 0.6) is 0 Å². The molecule has 0 unspecified atom stereocenters. The highest BCUT2D eigenvalue weighted by atomic mass is 15.0. The zero-order valence-electron chi connectivity index (χ0n) is 9.77. The molecule has 0 spiro atoms. The first-order valence-corrected chi connectivity index (χ1v) is 5.49. The molecule has 2 aromatic rings. The van der Waals surface area contributed by atoms with Gasteiger partial charge in [0.1, 0.15) is 0 Å². The van der Waals surface area contributed by atoms with Crippen LogP contribution < -0.4 is 5.73 Å². The molecule has 0 fully saturated rings. The molecule has 2 N–H and O–H groups in total. The van der Waals surface area contributed by atoms with E-state index in [9.17, 15) is 0 Å². The van der Waals surface area contributed by atoms with Crippen molar-refractivity contribution in [3.8, 4) is 11.3 Å². The SMILES string of the molecule is Cc1ccc(-c2ncn(C)c2CCN)cc1. The monoisotopic (exact) mass is 215 g/mol. The van der Waals surface area contributed by atoms with Crippen molar-refractivity contribution in [2.24, 2.45) is 12.8 Å². The number of hydrogen-bond acceptors (Lipinski definition) is 2. The van der Waals surface area contributed by atoms with Crippen LogP contribution in [0.15, 0.2) is 30.6 Å². The lowest BCUT2D eigenvalue weighted by Crippen LogP contribution is -2.07.